The van der Waals surface area contributed by atoms with Crippen molar-refractivity contribution in [2.45, 2.75) is 30.7 Å². The van der Waals surface area contributed by atoms with E-state index in [-0.39, 0.29) is 11.8 Å². The molecule has 2 aromatic rings. The van der Waals surface area contributed by atoms with Gasteiger partial charge in [-0.3, -0.25) is 9.59 Å². The Morgan fingerprint density at radius 2 is 1.72 bits per heavy atom. The number of hydrogen-bond donors (Lipinski definition) is 0. The highest BCUT2D eigenvalue weighted by molar-refractivity contribution is 8.00. The lowest BCUT2D eigenvalue weighted by atomic mass is 10.1. The maximum absolute atomic E-state index is 12.8. The average Bonchev–Trinajstić information content (AvgIpc) is 3.28. The number of anilines is 2. The minimum atomic E-state index is 0.0599. The minimum absolute atomic E-state index is 0.0599. The molecule has 6 heteroatoms. The summed E-state index contributed by atoms with van der Waals surface area (Å²) in [5.41, 5.74) is 3.34. The van der Waals surface area contributed by atoms with Gasteiger partial charge in [0, 0.05) is 50.2 Å². The summed E-state index contributed by atoms with van der Waals surface area (Å²) in [5, 5.41) is 0. The molecule has 1 fully saturated rings. The van der Waals surface area contributed by atoms with Crippen molar-refractivity contribution < 1.29 is 9.59 Å². The van der Waals surface area contributed by atoms with Crippen molar-refractivity contribution in [2.24, 2.45) is 0 Å². The SMILES string of the molecule is CN(Cc1ccccc1N1CCCC1)C(=O)CCN1C(=O)CSc2ccccc21. The first-order valence-electron chi connectivity index (χ1n) is 10.2. The van der Waals surface area contributed by atoms with Crippen molar-refractivity contribution in [3.8, 4) is 0 Å². The highest BCUT2D eigenvalue weighted by Crippen LogP contribution is 2.35. The number of amides is 2. The van der Waals surface area contributed by atoms with E-state index in [1.165, 1.54) is 24.1 Å². The number of hydrogen-bond acceptors (Lipinski definition) is 4. The van der Waals surface area contributed by atoms with E-state index in [1.807, 2.05) is 37.4 Å². The predicted octanol–water partition coefficient (Wildman–Crippen LogP) is 3.77. The third kappa shape index (κ3) is 4.42. The molecule has 0 saturated carbocycles. The van der Waals surface area contributed by atoms with Crippen molar-refractivity contribution in [3.05, 3.63) is 54.1 Å². The molecule has 2 aliphatic heterocycles. The molecule has 29 heavy (non-hydrogen) atoms. The molecule has 0 unspecified atom stereocenters. The van der Waals surface area contributed by atoms with Crippen LogP contribution in [0.25, 0.3) is 0 Å². The molecule has 2 aliphatic rings. The zero-order valence-corrected chi connectivity index (χ0v) is 17.7. The lowest BCUT2D eigenvalue weighted by Crippen LogP contribution is -2.38. The molecule has 0 radical (unpaired) electrons. The molecule has 0 atom stereocenters. The lowest BCUT2D eigenvalue weighted by molar-refractivity contribution is -0.130. The first-order chi connectivity index (χ1) is 14.1. The van der Waals surface area contributed by atoms with E-state index >= 15 is 0 Å². The van der Waals surface area contributed by atoms with E-state index in [9.17, 15) is 9.59 Å². The molecule has 1 saturated heterocycles. The second-order valence-electron chi connectivity index (χ2n) is 7.62. The van der Waals surface area contributed by atoms with Crippen molar-refractivity contribution in [1.29, 1.82) is 0 Å². The summed E-state index contributed by atoms with van der Waals surface area (Å²) in [7, 11) is 1.85. The Hall–Kier alpha value is -2.47. The van der Waals surface area contributed by atoms with Gasteiger partial charge in [0.25, 0.3) is 0 Å². The molecule has 0 aliphatic carbocycles. The molecule has 2 heterocycles. The molecule has 0 N–H and O–H groups in total. The maximum atomic E-state index is 12.8. The third-order valence-corrected chi connectivity index (χ3v) is 6.68. The number of thioether (sulfide) groups is 1. The van der Waals surface area contributed by atoms with E-state index in [4.69, 9.17) is 0 Å². The number of benzene rings is 2. The van der Waals surface area contributed by atoms with Crippen LogP contribution in [-0.2, 0) is 16.1 Å². The molecule has 0 aromatic heterocycles. The third-order valence-electron chi connectivity index (χ3n) is 5.63. The minimum Gasteiger partial charge on any atom is -0.371 e. The molecule has 0 bridgehead atoms. The zero-order chi connectivity index (χ0) is 20.2. The van der Waals surface area contributed by atoms with Gasteiger partial charge in [0.15, 0.2) is 0 Å². The molecular formula is C23H27N3O2S. The number of rotatable bonds is 6. The number of fused-ring (bicyclic) bond motifs is 1. The standard InChI is InChI=1S/C23H27N3O2S/c1-24(16-18-8-2-3-9-19(18)25-13-6-7-14-25)22(27)12-15-26-20-10-4-5-11-21(20)29-17-23(26)28/h2-5,8-11H,6-7,12-17H2,1H3. The second kappa shape index (κ2) is 8.91. The fourth-order valence-corrected chi connectivity index (χ4v) is 4.99. The fourth-order valence-electron chi connectivity index (χ4n) is 4.05. The van der Waals surface area contributed by atoms with Crippen LogP contribution in [-0.4, -0.2) is 49.1 Å². The van der Waals surface area contributed by atoms with Crippen LogP contribution in [0.5, 0.6) is 0 Å². The maximum Gasteiger partial charge on any atom is 0.237 e. The Balaban J connectivity index is 1.39. The Labute approximate surface area is 176 Å². The quantitative estimate of drug-likeness (QED) is 0.728. The largest absolute Gasteiger partial charge is 0.371 e. The van der Waals surface area contributed by atoms with E-state index < -0.39 is 0 Å². The van der Waals surface area contributed by atoms with Gasteiger partial charge in [-0.05, 0) is 36.6 Å². The summed E-state index contributed by atoms with van der Waals surface area (Å²) in [6, 6.07) is 16.3. The van der Waals surface area contributed by atoms with Crippen molar-refractivity contribution in [2.75, 3.05) is 42.2 Å². The average molecular weight is 410 g/mol. The fraction of sp³-hybridized carbons (Fsp3) is 0.391. The summed E-state index contributed by atoms with van der Waals surface area (Å²) in [6.07, 6.45) is 2.78. The Morgan fingerprint density at radius 1 is 1.03 bits per heavy atom. The molecule has 5 nitrogen and oxygen atoms in total. The number of carbonyl (C=O) groups excluding carboxylic acids is 2. The van der Waals surface area contributed by atoms with Gasteiger partial charge in [-0.2, -0.15) is 0 Å². The Morgan fingerprint density at radius 3 is 2.52 bits per heavy atom. The van der Waals surface area contributed by atoms with Crippen molar-refractivity contribution >= 4 is 35.0 Å². The van der Waals surface area contributed by atoms with Crippen LogP contribution in [0.2, 0.25) is 0 Å². The van der Waals surface area contributed by atoms with Crippen molar-refractivity contribution in [1.82, 2.24) is 4.90 Å². The van der Waals surface area contributed by atoms with E-state index in [1.54, 1.807) is 21.6 Å². The van der Waals surface area contributed by atoms with Crippen LogP contribution >= 0.6 is 11.8 Å². The molecular weight excluding hydrogens is 382 g/mol. The van der Waals surface area contributed by atoms with Gasteiger partial charge >= 0.3 is 0 Å². The smallest absolute Gasteiger partial charge is 0.237 e. The zero-order valence-electron chi connectivity index (χ0n) is 16.8. The van der Waals surface area contributed by atoms with Crippen LogP contribution in [0.15, 0.2) is 53.4 Å². The topological polar surface area (TPSA) is 43.9 Å². The Bertz CT molecular complexity index is 895. The van der Waals surface area contributed by atoms with Crippen LogP contribution in [0, 0.1) is 0 Å². The van der Waals surface area contributed by atoms with Crippen LogP contribution < -0.4 is 9.80 Å². The van der Waals surface area contributed by atoms with Crippen LogP contribution in [0.4, 0.5) is 11.4 Å². The molecule has 0 spiro atoms. The number of carbonyl (C=O) groups is 2. The molecule has 152 valence electrons. The van der Waals surface area contributed by atoms with E-state index in [0.29, 0.717) is 25.3 Å². The van der Waals surface area contributed by atoms with Gasteiger partial charge in [0.1, 0.15) is 0 Å². The lowest BCUT2D eigenvalue weighted by Gasteiger charge is -2.29. The van der Waals surface area contributed by atoms with E-state index in [2.05, 4.69) is 23.1 Å². The molecule has 4 rings (SSSR count). The van der Waals surface area contributed by atoms with Gasteiger partial charge in [-0.15, -0.1) is 11.8 Å². The highest BCUT2D eigenvalue weighted by atomic mass is 32.2. The summed E-state index contributed by atoms with van der Waals surface area (Å²) < 4.78 is 0. The summed E-state index contributed by atoms with van der Waals surface area (Å²) >= 11 is 1.57. The first-order valence-corrected chi connectivity index (χ1v) is 11.2. The van der Waals surface area contributed by atoms with Crippen LogP contribution in [0.3, 0.4) is 0 Å². The summed E-state index contributed by atoms with van der Waals surface area (Å²) in [5.74, 6) is 0.567. The van der Waals surface area contributed by atoms with Gasteiger partial charge in [0.05, 0.1) is 11.4 Å². The normalized spacial score (nSPS) is 16.1. The monoisotopic (exact) mass is 409 g/mol. The van der Waals surface area contributed by atoms with Crippen molar-refractivity contribution in [3.63, 3.8) is 0 Å². The number of nitrogens with zero attached hydrogens (tertiary/aromatic N) is 3. The van der Waals surface area contributed by atoms with Gasteiger partial charge < -0.3 is 14.7 Å². The Kier molecular flexibility index (Phi) is 6.09. The first kappa shape index (κ1) is 19.8. The summed E-state index contributed by atoms with van der Waals surface area (Å²) in [6.45, 7) is 3.19. The van der Waals surface area contributed by atoms with Gasteiger partial charge in [0.2, 0.25) is 11.8 Å². The van der Waals surface area contributed by atoms with Crippen LogP contribution in [0.1, 0.15) is 24.8 Å². The van der Waals surface area contributed by atoms with Gasteiger partial charge in [-0.1, -0.05) is 30.3 Å². The molecule has 2 aromatic carbocycles. The summed E-state index contributed by atoms with van der Waals surface area (Å²) in [4.78, 5) is 32.3. The second-order valence-corrected chi connectivity index (χ2v) is 8.64. The predicted molar refractivity (Wildman–Crippen MR) is 118 cm³/mol. The number of para-hydroxylation sites is 2. The van der Waals surface area contributed by atoms with Gasteiger partial charge in [-0.25, -0.2) is 0 Å². The van der Waals surface area contributed by atoms with E-state index in [0.717, 1.165) is 23.7 Å². The highest BCUT2D eigenvalue weighted by Gasteiger charge is 2.25. The molecule has 2 amide bonds.